The fourth-order valence-corrected chi connectivity index (χ4v) is 3.44. The van der Waals surface area contributed by atoms with Crippen molar-refractivity contribution in [1.29, 1.82) is 0 Å². The fourth-order valence-electron chi connectivity index (χ4n) is 3.06. The van der Waals surface area contributed by atoms with Crippen LogP contribution in [0.15, 0.2) is 36.5 Å². The van der Waals surface area contributed by atoms with E-state index in [0.29, 0.717) is 34.0 Å². The molecule has 1 fully saturated rings. The number of alkyl halides is 2. The molecule has 3 heterocycles. The van der Waals surface area contributed by atoms with Gasteiger partial charge in [0.1, 0.15) is 5.82 Å². The average molecular weight is 426 g/mol. The number of pyridine rings is 1. The largest absolute Gasteiger partial charge is 0.350 e. The molecule has 2 aromatic heterocycles. The summed E-state index contributed by atoms with van der Waals surface area (Å²) < 4.78 is 28.6. The first-order valence-electron chi connectivity index (χ1n) is 8.48. The van der Waals surface area contributed by atoms with Crippen molar-refractivity contribution in [1.82, 2.24) is 25.2 Å². The lowest BCUT2D eigenvalue weighted by Crippen LogP contribution is -2.27. The topological polar surface area (TPSA) is 71.8 Å². The van der Waals surface area contributed by atoms with Crippen LogP contribution in [0.5, 0.6) is 0 Å². The second-order valence-electron chi connectivity index (χ2n) is 6.35. The highest BCUT2D eigenvalue weighted by molar-refractivity contribution is 6.43. The van der Waals surface area contributed by atoms with Crippen LogP contribution in [0.4, 0.5) is 20.5 Å². The molecular weight excluding hydrogens is 411 g/mol. The van der Waals surface area contributed by atoms with E-state index in [1.54, 1.807) is 35.4 Å². The number of aromatic nitrogens is 5. The van der Waals surface area contributed by atoms with Gasteiger partial charge in [0.05, 0.1) is 22.3 Å². The van der Waals surface area contributed by atoms with Crippen molar-refractivity contribution in [3.05, 3.63) is 52.1 Å². The molecule has 0 spiro atoms. The predicted octanol–water partition coefficient (Wildman–Crippen LogP) is 3.82. The van der Waals surface area contributed by atoms with Gasteiger partial charge in [-0.2, -0.15) is 4.68 Å². The van der Waals surface area contributed by atoms with Crippen LogP contribution in [0.25, 0.3) is 5.69 Å². The molecule has 11 heteroatoms. The Morgan fingerprint density at radius 3 is 2.82 bits per heavy atom. The van der Waals surface area contributed by atoms with Crippen LogP contribution in [0, 0.1) is 0 Å². The van der Waals surface area contributed by atoms with E-state index in [-0.39, 0.29) is 19.5 Å². The van der Waals surface area contributed by atoms with Gasteiger partial charge in [-0.05, 0) is 28.6 Å². The van der Waals surface area contributed by atoms with E-state index in [2.05, 4.69) is 25.8 Å². The third-order valence-corrected chi connectivity index (χ3v) is 5.21. The van der Waals surface area contributed by atoms with Crippen molar-refractivity contribution in [2.75, 3.05) is 23.3 Å². The van der Waals surface area contributed by atoms with Crippen LogP contribution < -0.4 is 10.2 Å². The summed E-state index contributed by atoms with van der Waals surface area (Å²) in [4.78, 5) is 5.88. The van der Waals surface area contributed by atoms with E-state index in [9.17, 15) is 8.78 Å². The molecule has 1 aromatic carbocycles. The fraction of sp³-hybridized carbons (Fsp3) is 0.294. The summed E-state index contributed by atoms with van der Waals surface area (Å²) in [6.07, 6.45) is 1.41. The van der Waals surface area contributed by atoms with E-state index in [0.717, 1.165) is 5.56 Å². The Kier molecular flexibility index (Phi) is 5.03. The van der Waals surface area contributed by atoms with Crippen molar-refractivity contribution in [2.24, 2.45) is 0 Å². The highest BCUT2D eigenvalue weighted by Gasteiger charge is 2.39. The lowest BCUT2D eigenvalue weighted by atomic mass is 10.2. The molecule has 0 bridgehead atoms. The number of tetrazole rings is 1. The number of hydrogen-bond acceptors (Lipinski definition) is 6. The Morgan fingerprint density at radius 2 is 2.04 bits per heavy atom. The average Bonchev–Trinajstić information content (AvgIpc) is 3.28. The van der Waals surface area contributed by atoms with Crippen molar-refractivity contribution >= 4 is 35.0 Å². The zero-order valence-electron chi connectivity index (χ0n) is 14.5. The molecule has 3 aromatic rings. The molecule has 0 radical (unpaired) electrons. The maximum Gasteiger partial charge on any atom is 0.266 e. The van der Waals surface area contributed by atoms with Gasteiger partial charge in [-0.25, -0.2) is 13.8 Å². The molecule has 0 atom stereocenters. The van der Waals surface area contributed by atoms with Gasteiger partial charge in [0.15, 0.2) is 0 Å². The van der Waals surface area contributed by atoms with Crippen LogP contribution in [-0.2, 0) is 6.54 Å². The number of nitrogens with zero attached hydrogens (tertiary/aromatic N) is 6. The third-order valence-electron chi connectivity index (χ3n) is 4.40. The van der Waals surface area contributed by atoms with E-state index in [4.69, 9.17) is 23.2 Å². The zero-order chi connectivity index (χ0) is 19.7. The van der Waals surface area contributed by atoms with E-state index < -0.39 is 5.92 Å². The number of hydrogen-bond donors (Lipinski definition) is 1. The Morgan fingerprint density at radius 1 is 1.18 bits per heavy atom. The van der Waals surface area contributed by atoms with Gasteiger partial charge in [-0.1, -0.05) is 40.4 Å². The molecular formula is C17H15Cl2F2N7. The predicted molar refractivity (Wildman–Crippen MR) is 103 cm³/mol. The van der Waals surface area contributed by atoms with Crippen molar-refractivity contribution in [3.8, 4) is 5.69 Å². The highest BCUT2D eigenvalue weighted by Crippen LogP contribution is 2.32. The molecule has 1 aliphatic rings. The van der Waals surface area contributed by atoms with Gasteiger partial charge < -0.3 is 10.2 Å². The molecule has 28 heavy (non-hydrogen) atoms. The van der Waals surface area contributed by atoms with Gasteiger partial charge in [0.25, 0.3) is 5.92 Å². The summed E-state index contributed by atoms with van der Waals surface area (Å²) in [7, 11) is 0. The maximum absolute atomic E-state index is 13.6. The summed E-state index contributed by atoms with van der Waals surface area (Å²) in [5, 5.41) is 15.4. The second kappa shape index (κ2) is 7.48. The summed E-state index contributed by atoms with van der Waals surface area (Å²) >= 11 is 12.3. The smallest absolute Gasteiger partial charge is 0.266 e. The summed E-state index contributed by atoms with van der Waals surface area (Å²) in [5.74, 6) is -1.84. The van der Waals surface area contributed by atoms with E-state index in [1.807, 2.05) is 6.07 Å². The zero-order valence-corrected chi connectivity index (χ0v) is 16.0. The lowest BCUT2D eigenvalue weighted by molar-refractivity contribution is 0.0256. The van der Waals surface area contributed by atoms with Gasteiger partial charge in [-0.3, -0.25) is 0 Å². The quantitative estimate of drug-likeness (QED) is 0.669. The minimum Gasteiger partial charge on any atom is -0.350 e. The standard InChI is InChI=1S/C17H15Cl2F2N7/c18-12-4-1-5-13(14(12)19)28-16(24-25-26-28)23-9-11-3-2-7-22-15(11)27-8-6-17(20,21)10-27/h1-5,7H,6,8-10H2,(H,23,24,26). The molecule has 1 aliphatic heterocycles. The van der Waals surface area contributed by atoms with Crippen molar-refractivity contribution in [3.63, 3.8) is 0 Å². The van der Waals surface area contributed by atoms with Gasteiger partial charge in [0.2, 0.25) is 5.95 Å². The third kappa shape index (κ3) is 3.72. The van der Waals surface area contributed by atoms with Gasteiger partial charge >= 0.3 is 0 Å². The molecule has 0 unspecified atom stereocenters. The molecule has 0 saturated carbocycles. The summed E-state index contributed by atoms with van der Waals surface area (Å²) in [5.41, 5.74) is 1.28. The molecule has 7 nitrogen and oxygen atoms in total. The molecule has 1 N–H and O–H groups in total. The van der Waals surface area contributed by atoms with E-state index in [1.165, 1.54) is 4.68 Å². The van der Waals surface area contributed by atoms with Crippen molar-refractivity contribution < 1.29 is 8.78 Å². The Balaban J connectivity index is 1.56. The first-order valence-corrected chi connectivity index (χ1v) is 9.23. The van der Waals surface area contributed by atoms with E-state index >= 15 is 0 Å². The van der Waals surface area contributed by atoms with Crippen LogP contribution >= 0.6 is 23.2 Å². The Bertz CT molecular complexity index is 995. The SMILES string of the molecule is FC1(F)CCN(c2ncccc2CNc2nnnn2-c2cccc(Cl)c2Cl)C1. The van der Waals surface area contributed by atoms with Crippen LogP contribution in [0.1, 0.15) is 12.0 Å². The first kappa shape index (κ1) is 18.8. The summed E-state index contributed by atoms with van der Waals surface area (Å²) in [6.45, 7) is 0.212. The Hall–Kier alpha value is -2.52. The number of anilines is 2. The minimum absolute atomic E-state index is 0.179. The molecule has 146 valence electrons. The van der Waals surface area contributed by atoms with Gasteiger partial charge in [-0.15, -0.1) is 0 Å². The number of nitrogens with one attached hydrogen (secondary N) is 1. The lowest BCUT2D eigenvalue weighted by Gasteiger charge is -2.20. The van der Waals surface area contributed by atoms with Gasteiger partial charge in [0, 0.05) is 31.3 Å². The number of benzene rings is 1. The number of halogens is 4. The normalized spacial score (nSPS) is 15.8. The highest BCUT2D eigenvalue weighted by atomic mass is 35.5. The molecule has 1 saturated heterocycles. The first-order chi connectivity index (χ1) is 13.4. The van der Waals surface area contributed by atoms with Crippen LogP contribution in [-0.4, -0.2) is 44.2 Å². The van der Waals surface area contributed by atoms with Crippen LogP contribution in [0.3, 0.4) is 0 Å². The Labute approximate surface area is 169 Å². The number of rotatable bonds is 5. The second-order valence-corrected chi connectivity index (χ2v) is 7.14. The molecule has 0 aliphatic carbocycles. The minimum atomic E-state index is -2.70. The maximum atomic E-state index is 13.6. The monoisotopic (exact) mass is 425 g/mol. The molecule has 0 amide bonds. The molecule has 4 rings (SSSR count). The summed E-state index contributed by atoms with van der Waals surface area (Å²) in [6, 6.07) is 8.72. The van der Waals surface area contributed by atoms with Crippen molar-refractivity contribution in [2.45, 2.75) is 18.9 Å². The van der Waals surface area contributed by atoms with Crippen LogP contribution in [0.2, 0.25) is 10.0 Å².